The van der Waals surface area contributed by atoms with Crippen LogP contribution in [0, 0.1) is 6.92 Å². The molecule has 0 spiro atoms. The number of amides is 4. The molecule has 6 heteroatoms. The summed E-state index contributed by atoms with van der Waals surface area (Å²) < 4.78 is 0. The lowest BCUT2D eigenvalue weighted by molar-refractivity contribution is -0.125. The average molecular weight is 337 g/mol. The number of hydrogen-bond donors (Lipinski definition) is 3. The topological polar surface area (TPSA) is 87.3 Å². The van der Waals surface area contributed by atoms with Gasteiger partial charge in [0.1, 0.15) is 5.54 Å². The Hall–Kier alpha value is -3.15. The Bertz CT molecular complexity index is 820. The van der Waals surface area contributed by atoms with E-state index in [-0.39, 0.29) is 18.7 Å². The highest BCUT2D eigenvalue weighted by Crippen LogP contribution is 2.30. The van der Waals surface area contributed by atoms with Crippen LogP contribution in [0.3, 0.4) is 0 Å². The zero-order chi connectivity index (χ0) is 17.9. The first-order valence-electron chi connectivity index (χ1n) is 8.05. The molecule has 0 radical (unpaired) electrons. The van der Waals surface area contributed by atoms with Crippen LogP contribution >= 0.6 is 0 Å². The van der Waals surface area contributed by atoms with Crippen LogP contribution in [0.5, 0.6) is 0 Å². The van der Waals surface area contributed by atoms with Crippen molar-refractivity contribution in [3.63, 3.8) is 0 Å². The van der Waals surface area contributed by atoms with E-state index in [2.05, 4.69) is 16.0 Å². The van der Waals surface area contributed by atoms with Crippen molar-refractivity contribution in [2.24, 2.45) is 0 Å². The molecule has 1 unspecified atom stereocenters. The minimum absolute atomic E-state index is 0.0938. The van der Waals surface area contributed by atoms with E-state index in [1.54, 1.807) is 24.3 Å². The number of aryl methyl sites for hydroxylation is 1. The van der Waals surface area contributed by atoms with E-state index in [0.717, 1.165) is 5.56 Å². The van der Waals surface area contributed by atoms with E-state index in [4.69, 9.17) is 0 Å². The number of anilines is 1. The summed E-state index contributed by atoms with van der Waals surface area (Å²) in [5.74, 6) is -0.651. The van der Waals surface area contributed by atoms with E-state index in [1.165, 1.54) is 0 Å². The van der Waals surface area contributed by atoms with Crippen molar-refractivity contribution in [2.45, 2.75) is 25.3 Å². The standard InChI is InChI=1S/C19H19N3O3/c1-13-6-5-9-15(12-13)20-16(23)10-11-19(14-7-3-2-4-8-14)17(24)21-18(25)22-19/h2-9,12H,10-11H2,1H3,(H,20,23)(H2,21,22,24,25). The second-order valence-corrected chi connectivity index (χ2v) is 6.10. The Balaban J connectivity index is 1.75. The maximum absolute atomic E-state index is 12.4. The number of nitrogens with one attached hydrogen (secondary N) is 3. The van der Waals surface area contributed by atoms with Gasteiger partial charge in [-0.05, 0) is 36.6 Å². The quantitative estimate of drug-likeness (QED) is 0.732. The van der Waals surface area contributed by atoms with Crippen molar-refractivity contribution in [2.75, 3.05) is 5.32 Å². The molecular weight excluding hydrogens is 318 g/mol. The van der Waals surface area contributed by atoms with E-state index in [9.17, 15) is 14.4 Å². The molecule has 0 saturated carbocycles. The van der Waals surface area contributed by atoms with Crippen molar-refractivity contribution in [3.8, 4) is 0 Å². The van der Waals surface area contributed by atoms with Gasteiger partial charge in [-0.2, -0.15) is 0 Å². The highest BCUT2D eigenvalue weighted by atomic mass is 16.2. The van der Waals surface area contributed by atoms with Gasteiger partial charge in [-0.25, -0.2) is 4.79 Å². The number of benzene rings is 2. The summed E-state index contributed by atoms with van der Waals surface area (Å²) >= 11 is 0. The van der Waals surface area contributed by atoms with Gasteiger partial charge in [-0.15, -0.1) is 0 Å². The number of imide groups is 1. The molecule has 128 valence electrons. The Labute approximate surface area is 145 Å². The van der Waals surface area contributed by atoms with Crippen LogP contribution in [0.4, 0.5) is 10.5 Å². The molecule has 3 rings (SSSR count). The van der Waals surface area contributed by atoms with E-state index in [0.29, 0.717) is 11.3 Å². The maximum Gasteiger partial charge on any atom is 0.322 e. The molecule has 2 aromatic rings. The van der Waals surface area contributed by atoms with Gasteiger partial charge in [0.25, 0.3) is 5.91 Å². The minimum Gasteiger partial charge on any atom is -0.326 e. The average Bonchev–Trinajstić information content (AvgIpc) is 2.88. The van der Waals surface area contributed by atoms with Crippen molar-refractivity contribution >= 4 is 23.5 Å². The van der Waals surface area contributed by atoms with Crippen LogP contribution in [-0.4, -0.2) is 17.8 Å². The molecule has 1 aliphatic heterocycles. The van der Waals surface area contributed by atoms with Crippen molar-refractivity contribution in [1.82, 2.24) is 10.6 Å². The maximum atomic E-state index is 12.4. The lowest BCUT2D eigenvalue weighted by atomic mass is 9.85. The molecule has 0 bridgehead atoms. The molecule has 0 aromatic heterocycles. The smallest absolute Gasteiger partial charge is 0.322 e. The van der Waals surface area contributed by atoms with Crippen LogP contribution in [0.15, 0.2) is 54.6 Å². The van der Waals surface area contributed by atoms with Gasteiger partial charge < -0.3 is 10.6 Å². The summed E-state index contributed by atoms with van der Waals surface area (Å²) in [5, 5.41) is 7.77. The van der Waals surface area contributed by atoms with Gasteiger partial charge >= 0.3 is 6.03 Å². The van der Waals surface area contributed by atoms with Crippen LogP contribution in [0.1, 0.15) is 24.0 Å². The fraction of sp³-hybridized carbons (Fsp3) is 0.211. The van der Waals surface area contributed by atoms with Crippen LogP contribution in [0.25, 0.3) is 0 Å². The van der Waals surface area contributed by atoms with E-state index >= 15 is 0 Å². The third-order valence-corrected chi connectivity index (χ3v) is 4.24. The van der Waals surface area contributed by atoms with E-state index in [1.807, 2.05) is 37.3 Å². The van der Waals surface area contributed by atoms with Crippen LogP contribution in [0.2, 0.25) is 0 Å². The van der Waals surface area contributed by atoms with Gasteiger partial charge in [0.2, 0.25) is 5.91 Å². The Kier molecular flexibility index (Phi) is 4.52. The molecule has 2 aromatic carbocycles. The zero-order valence-corrected chi connectivity index (χ0v) is 13.8. The number of hydrogen-bond acceptors (Lipinski definition) is 3. The number of carbonyl (C=O) groups is 3. The summed E-state index contributed by atoms with van der Waals surface area (Å²) in [7, 11) is 0. The molecule has 1 fully saturated rings. The van der Waals surface area contributed by atoms with Crippen molar-refractivity contribution < 1.29 is 14.4 Å². The predicted molar refractivity (Wildman–Crippen MR) is 93.8 cm³/mol. The molecule has 25 heavy (non-hydrogen) atoms. The first kappa shape index (κ1) is 16.7. The van der Waals surface area contributed by atoms with Crippen LogP contribution in [-0.2, 0) is 15.1 Å². The second kappa shape index (κ2) is 6.76. The third-order valence-electron chi connectivity index (χ3n) is 4.24. The molecular formula is C19H19N3O3. The normalized spacial score (nSPS) is 19.2. The van der Waals surface area contributed by atoms with Gasteiger partial charge in [0.15, 0.2) is 0 Å². The molecule has 1 saturated heterocycles. The Morgan fingerprint density at radius 1 is 1.08 bits per heavy atom. The van der Waals surface area contributed by atoms with Gasteiger partial charge in [-0.1, -0.05) is 42.5 Å². The minimum atomic E-state index is -1.22. The largest absolute Gasteiger partial charge is 0.326 e. The third kappa shape index (κ3) is 3.52. The van der Waals surface area contributed by atoms with Gasteiger partial charge in [0, 0.05) is 12.1 Å². The second-order valence-electron chi connectivity index (χ2n) is 6.10. The fourth-order valence-electron chi connectivity index (χ4n) is 2.99. The molecule has 0 aliphatic carbocycles. The van der Waals surface area contributed by atoms with Gasteiger partial charge in [-0.3, -0.25) is 14.9 Å². The first-order chi connectivity index (χ1) is 12.0. The number of carbonyl (C=O) groups excluding carboxylic acids is 3. The highest BCUT2D eigenvalue weighted by Gasteiger charge is 2.47. The SMILES string of the molecule is Cc1cccc(NC(=O)CCC2(c3ccccc3)NC(=O)NC2=O)c1. The first-order valence-corrected chi connectivity index (χ1v) is 8.05. The highest BCUT2D eigenvalue weighted by molar-refractivity contribution is 6.07. The number of urea groups is 1. The molecule has 4 amide bonds. The zero-order valence-electron chi connectivity index (χ0n) is 13.8. The molecule has 3 N–H and O–H groups in total. The summed E-state index contributed by atoms with van der Waals surface area (Å²) in [6.07, 6.45) is 0.267. The summed E-state index contributed by atoms with van der Waals surface area (Å²) in [4.78, 5) is 36.4. The van der Waals surface area contributed by atoms with Gasteiger partial charge in [0.05, 0.1) is 0 Å². The molecule has 1 atom stereocenters. The monoisotopic (exact) mass is 337 g/mol. The van der Waals surface area contributed by atoms with Crippen molar-refractivity contribution in [3.05, 3.63) is 65.7 Å². The number of rotatable bonds is 5. The summed E-state index contributed by atoms with van der Waals surface area (Å²) in [5.41, 5.74) is 1.18. The Morgan fingerprint density at radius 2 is 1.84 bits per heavy atom. The molecule has 1 heterocycles. The lowest BCUT2D eigenvalue weighted by Crippen LogP contribution is -2.44. The molecule has 1 aliphatic rings. The molecule has 6 nitrogen and oxygen atoms in total. The van der Waals surface area contributed by atoms with Crippen molar-refractivity contribution in [1.29, 1.82) is 0 Å². The summed E-state index contributed by atoms with van der Waals surface area (Å²) in [6.45, 7) is 1.94. The van der Waals surface area contributed by atoms with Crippen LogP contribution < -0.4 is 16.0 Å². The predicted octanol–water partition coefficient (Wildman–Crippen LogP) is 2.45. The summed E-state index contributed by atoms with van der Waals surface area (Å²) in [6, 6.07) is 15.9. The van der Waals surface area contributed by atoms with E-state index < -0.39 is 17.5 Å². The Morgan fingerprint density at radius 3 is 2.48 bits per heavy atom. The lowest BCUT2D eigenvalue weighted by Gasteiger charge is -2.26. The fourth-order valence-corrected chi connectivity index (χ4v) is 2.99.